The van der Waals surface area contributed by atoms with Crippen LogP contribution < -0.4 is 11.1 Å². The number of nitrogen functional groups attached to an aromatic ring is 1. The second kappa shape index (κ2) is 5.64. The molecule has 2 rings (SSSR count). The Hall–Kier alpha value is -2.50. The van der Waals surface area contributed by atoms with Crippen LogP contribution in [0.3, 0.4) is 0 Å². The van der Waals surface area contributed by atoms with Crippen molar-refractivity contribution in [3.05, 3.63) is 41.2 Å². The number of nitrogens with two attached hydrogens (primary N) is 1. The Balaban J connectivity index is 2.14. The average Bonchev–Trinajstić information content (AvgIpc) is 2.77. The number of benzene rings is 1. The molecule has 1 aromatic heterocycles. The fraction of sp³-hybridized carbons (Fsp3) is 0.286. The Morgan fingerprint density at radius 2 is 2.25 bits per heavy atom. The molecule has 0 radical (unpaired) electrons. The highest BCUT2D eigenvalue weighted by molar-refractivity contribution is 5.94. The summed E-state index contributed by atoms with van der Waals surface area (Å²) in [6.45, 7) is 2.65. The predicted octanol–water partition coefficient (Wildman–Crippen LogP) is 1.88. The van der Waals surface area contributed by atoms with Gasteiger partial charge in [-0.1, -0.05) is 6.92 Å². The number of anilines is 2. The molecular weight excluding hydrogens is 256 g/mol. The molecule has 1 aromatic carbocycles. The topological polar surface area (TPSA) is 93.2 Å². The highest BCUT2D eigenvalue weighted by Crippen LogP contribution is 2.19. The van der Waals surface area contributed by atoms with Crippen LogP contribution in [0.2, 0.25) is 0 Å². The highest BCUT2D eigenvalue weighted by Gasteiger charge is 2.09. The van der Waals surface area contributed by atoms with Crippen molar-refractivity contribution in [3.8, 4) is 0 Å². The van der Waals surface area contributed by atoms with E-state index in [1.165, 1.54) is 0 Å². The molecule has 20 heavy (non-hydrogen) atoms. The minimum Gasteiger partial charge on any atom is -0.478 e. The van der Waals surface area contributed by atoms with Crippen LogP contribution in [0.1, 0.15) is 28.5 Å². The number of hydrogen-bond acceptors (Lipinski definition) is 4. The van der Waals surface area contributed by atoms with Crippen LogP contribution >= 0.6 is 0 Å². The van der Waals surface area contributed by atoms with E-state index >= 15 is 0 Å². The Kier molecular flexibility index (Phi) is 3.93. The number of aromatic carboxylic acids is 1. The summed E-state index contributed by atoms with van der Waals surface area (Å²) in [6, 6.07) is 4.90. The number of carboxylic acid groups (broad SMARTS) is 1. The predicted molar refractivity (Wildman–Crippen MR) is 77.7 cm³/mol. The summed E-state index contributed by atoms with van der Waals surface area (Å²) in [6.07, 6.45) is 2.82. The van der Waals surface area contributed by atoms with E-state index in [2.05, 4.69) is 17.3 Å². The molecule has 0 saturated heterocycles. The Bertz CT molecular complexity index is 634. The monoisotopic (exact) mass is 274 g/mol. The zero-order valence-electron chi connectivity index (χ0n) is 11.6. The van der Waals surface area contributed by atoms with Crippen LogP contribution in [0.25, 0.3) is 0 Å². The van der Waals surface area contributed by atoms with Crippen LogP contribution in [0.4, 0.5) is 11.4 Å². The lowest BCUT2D eigenvalue weighted by molar-refractivity contribution is 0.0698. The van der Waals surface area contributed by atoms with Gasteiger partial charge in [-0.3, -0.25) is 4.68 Å². The van der Waals surface area contributed by atoms with Crippen LogP contribution in [0.5, 0.6) is 0 Å². The van der Waals surface area contributed by atoms with E-state index in [9.17, 15) is 4.79 Å². The van der Waals surface area contributed by atoms with Crippen LogP contribution in [-0.2, 0) is 20.0 Å². The first-order valence-electron chi connectivity index (χ1n) is 6.39. The second-order valence-electron chi connectivity index (χ2n) is 4.59. The highest BCUT2D eigenvalue weighted by atomic mass is 16.4. The first kappa shape index (κ1) is 13.9. The molecule has 0 amide bonds. The Morgan fingerprint density at radius 1 is 1.50 bits per heavy atom. The first-order valence-corrected chi connectivity index (χ1v) is 6.39. The van der Waals surface area contributed by atoms with Gasteiger partial charge in [0.1, 0.15) is 0 Å². The number of nitrogens with one attached hydrogen (secondary N) is 1. The van der Waals surface area contributed by atoms with Gasteiger partial charge in [0.25, 0.3) is 0 Å². The van der Waals surface area contributed by atoms with Crippen molar-refractivity contribution in [1.29, 1.82) is 0 Å². The third-order valence-corrected chi connectivity index (χ3v) is 3.09. The third kappa shape index (κ3) is 2.90. The Morgan fingerprint density at radius 3 is 2.90 bits per heavy atom. The van der Waals surface area contributed by atoms with Gasteiger partial charge in [0.05, 0.1) is 11.3 Å². The van der Waals surface area contributed by atoms with E-state index in [-0.39, 0.29) is 11.3 Å². The molecule has 0 aliphatic rings. The van der Waals surface area contributed by atoms with Crippen molar-refractivity contribution in [2.75, 3.05) is 11.1 Å². The first-order chi connectivity index (χ1) is 9.51. The molecule has 0 aliphatic carbocycles. The quantitative estimate of drug-likeness (QED) is 0.724. The van der Waals surface area contributed by atoms with Gasteiger partial charge in [-0.15, -0.1) is 0 Å². The van der Waals surface area contributed by atoms with Gasteiger partial charge in [0, 0.05) is 36.7 Å². The molecule has 2 aromatic rings. The molecule has 0 unspecified atom stereocenters. The summed E-state index contributed by atoms with van der Waals surface area (Å²) in [5, 5.41) is 16.6. The Labute approximate surface area is 117 Å². The standard InChI is InChI=1S/C14H18N4O2/c1-3-13-9(8-18(2)17-13)7-16-10-4-5-12(15)11(6-10)14(19)20/h4-6,8,16H,3,7,15H2,1-2H3,(H,19,20). The van der Waals surface area contributed by atoms with Gasteiger partial charge in [0.2, 0.25) is 0 Å². The largest absolute Gasteiger partial charge is 0.478 e. The maximum Gasteiger partial charge on any atom is 0.337 e. The van der Waals surface area contributed by atoms with Gasteiger partial charge >= 0.3 is 5.97 Å². The summed E-state index contributed by atoms with van der Waals surface area (Å²) in [5.41, 5.74) is 8.86. The molecule has 6 nitrogen and oxygen atoms in total. The third-order valence-electron chi connectivity index (χ3n) is 3.09. The molecule has 106 valence electrons. The van der Waals surface area contributed by atoms with Crippen molar-refractivity contribution < 1.29 is 9.90 Å². The molecule has 1 heterocycles. The van der Waals surface area contributed by atoms with Crippen molar-refractivity contribution in [2.24, 2.45) is 7.05 Å². The number of hydrogen-bond donors (Lipinski definition) is 3. The van der Waals surface area contributed by atoms with Gasteiger partial charge in [-0.25, -0.2) is 4.79 Å². The molecule has 0 atom stereocenters. The lowest BCUT2D eigenvalue weighted by Gasteiger charge is -2.08. The molecule has 6 heteroatoms. The van der Waals surface area contributed by atoms with Gasteiger partial charge in [-0.2, -0.15) is 5.10 Å². The summed E-state index contributed by atoms with van der Waals surface area (Å²) in [5.74, 6) is -1.03. The average molecular weight is 274 g/mol. The van der Waals surface area contributed by atoms with Gasteiger partial charge < -0.3 is 16.2 Å². The molecule has 0 fully saturated rings. The van der Waals surface area contributed by atoms with Crippen LogP contribution in [0.15, 0.2) is 24.4 Å². The molecular formula is C14H18N4O2. The minimum atomic E-state index is -1.03. The van der Waals surface area contributed by atoms with Crippen LogP contribution in [-0.4, -0.2) is 20.9 Å². The maximum absolute atomic E-state index is 11.0. The van der Waals surface area contributed by atoms with Crippen LogP contribution in [0, 0.1) is 0 Å². The summed E-state index contributed by atoms with van der Waals surface area (Å²) < 4.78 is 1.78. The van der Waals surface area contributed by atoms with Gasteiger partial charge in [0.15, 0.2) is 0 Å². The van der Waals surface area contributed by atoms with E-state index in [0.29, 0.717) is 6.54 Å². The van der Waals surface area contributed by atoms with E-state index in [1.54, 1.807) is 22.9 Å². The molecule has 0 spiro atoms. The van der Waals surface area contributed by atoms with E-state index < -0.39 is 5.97 Å². The lowest BCUT2D eigenvalue weighted by Crippen LogP contribution is -2.05. The van der Waals surface area contributed by atoms with Crippen molar-refractivity contribution in [3.63, 3.8) is 0 Å². The number of aromatic nitrogens is 2. The SMILES string of the molecule is CCc1nn(C)cc1CNc1ccc(N)c(C(=O)O)c1. The van der Waals surface area contributed by atoms with E-state index in [1.807, 2.05) is 13.2 Å². The second-order valence-corrected chi connectivity index (χ2v) is 4.59. The summed E-state index contributed by atoms with van der Waals surface area (Å²) in [7, 11) is 1.88. The normalized spacial score (nSPS) is 10.5. The number of rotatable bonds is 5. The fourth-order valence-electron chi connectivity index (χ4n) is 2.08. The maximum atomic E-state index is 11.0. The lowest BCUT2D eigenvalue weighted by atomic mass is 10.1. The number of nitrogens with zero attached hydrogens (tertiary/aromatic N) is 2. The zero-order valence-corrected chi connectivity index (χ0v) is 11.6. The molecule has 4 N–H and O–H groups in total. The van der Waals surface area contributed by atoms with Gasteiger partial charge in [-0.05, 0) is 24.6 Å². The molecule has 0 saturated carbocycles. The smallest absolute Gasteiger partial charge is 0.337 e. The number of carbonyl (C=O) groups is 1. The summed E-state index contributed by atoms with van der Waals surface area (Å²) >= 11 is 0. The minimum absolute atomic E-state index is 0.108. The van der Waals surface area contributed by atoms with E-state index in [4.69, 9.17) is 10.8 Å². The zero-order chi connectivity index (χ0) is 14.7. The molecule has 0 bridgehead atoms. The van der Waals surface area contributed by atoms with Crippen molar-refractivity contribution in [2.45, 2.75) is 19.9 Å². The molecule has 0 aliphatic heterocycles. The van der Waals surface area contributed by atoms with Crippen molar-refractivity contribution >= 4 is 17.3 Å². The number of carboxylic acids is 1. The number of aryl methyl sites for hydroxylation is 2. The van der Waals surface area contributed by atoms with E-state index in [0.717, 1.165) is 23.4 Å². The van der Waals surface area contributed by atoms with Crippen molar-refractivity contribution in [1.82, 2.24) is 9.78 Å². The fourth-order valence-corrected chi connectivity index (χ4v) is 2.08. The summed E-state index contributed by atoms with van der Waals surface area (Å²) in [4.78, 5) is 11.0.